The number of nitrogens with one attached hydrogen (secondary N) is 2. The fourth-order valence-electron chi connectivity index (χ4n) is 2.63. The number of aryl methyl sites for hydroxylation is 1. The number of carbonyl (C=O) groups is 2. The molecule has 0 fully saturated rings. The molecule has 7 heteroatoms. The van der Waals surface area contributed by atoms with E-state index in [1.807, 2.05) is 6.92 Å². The highest BCUT2D eigenvalue weighted by molar-refractivity contribution is 6.30. The van der Waals surface area contributed by atoms with Gasteiger partial charge in [0.05, 0.1) is 35.8 Å². The molecule has 0 saturated heterocycles. The van der Waals surface area contributed by atoms with Crippen LogP contribution in [0, 0.1) is 6.92 Å². The van der Waals surface area contributed by atoms with Crippen LogP contribution in [0.5, 0.6) is 0 Å². The summed E-state index contributed by atoms with van der Waals surface area (Å²) in [7, 11) is 1.32. The average Bonchev–Trinajstić information content (AvgIpc) is 2.70. The summed E-state index contributed by atoms with van der Waals surface area (Å²) in [6.45, 7) is 1.86. The number of esters is 1. The maximum absolute atomic E-state index is 12.6. The van der Waals surface area contributed by atoms with Gasteiger partial charge >= 0.3 is 5.97 Å². The highest BCUT2D eigenvalue weighted by Crippen LogP contribution is 2.23. The standard InChI is InChI=1S/C21H18ClN3O3/c1-13-9-15(22)7-8-18(13)25-20(26)14-10-16(12-23-11-14)24-19-6-4-3-5-17(19)21(27)28-2/h3-12,24H,1-2H3,(H,25,26). The number of amides is 1. The van der Waals surface area contributed by atoms with Gasteiger partial charge in [0.2, 0.25) is 0 Å². The van der Waals surface area contributed by atoms with E-state index in [0.29, 0.717) is 33.2 Å². The zero-order chi connectivity index (χ0) is 20.1. The van der Waals surface area contributed by atoms with Crippen molar-refractivity contribution in [3.05, 3.63) is 82.6 Å². The van der Waals surface area contributed by atoms with Crippen LogP contribution in [-0.4, -0.2) is 24.0 Å². The molecule has 3 rings (SSSR count). The van der Waals surface area contributed by atoms with Gasteiger partial charge in [-0.2, -0.15) is 0 Å². The molecular weight excluding hydrogens is 378 g/mol. The van der Waals surface area contributed by atoms with Crippen LogP contribution in [0.3, 0.4) is 0 Å². The van der Waals surface area contributed by atoms with E-state index in [4.69, 9.17) is 16.3 Å². The van der Waals surface area contributed by atoms with E-state index in [2.05, 4.69) is 15.6 Å². The minimum atomic E-state index is -0.455. The van der Waals surface area contributed by atoms with E-state index in [-0.39, 0.29) is 5.91 Å². The van der Waals surface area contributed by atoms with E-state index < -0.39 is 5.97 Å². The highest BCUT2D eigenvalue weighted by Gasteiger charge is 2.13. The molecule has 0 aliphatic heterocycles. The van der Waals surface area contributed by atoms with E-state index in [9.17, 15) is 9.59 Å². The van der Waals surface area contributed by atoms with Crippen molar-refractivity contribution in [2.24, 2.45) is 0 Å². The van der Waals surface area contributed by atoms with Gasteiger partial charge < -0.3 is 15.4 Å². The molecule has 142 valence electrons. The Kier molecular flexibility index (Phi) is 5.91. The molecule has 0 bridgehead atoms. The minimum Gasteiger partial charge on any atom is -0.465 e. The van der Waals surface area contributed by atoms with Gasteiger partial charge in [-0.25, -0.2) is 4.79 Å². The normalized spacial score (nSPS) is 10.2. The van der Waals surface area contributed by atoms with Crippen LogP contribution >= 0.6 is 11.6 Å². The van der Waals surface area contributed by atoms with Gasteiger partial charge in [-0.1, -0.05) is 23.7 Å². The van der Waals surface area contributed by atoms with E-state index in [1.165, 1.54) is 13.3 Å². The number of hydrogen-bond donors (Lipinski definition) is 2. The van der Waals surface area contributed by atoms with Crippen molar-refractivity contribution in [2.45, 2.75) is 6.92 Å². The first-order valence-electron chi connectivity index (χ1n) is 8.45. The second-order valence-corrected chi connectivity index (χ2v) is 6.47. The maximum atomic E-state index is 12.6. The predicted molar refractivity (Wildman–Crippen MR) is 109 cm³/mol. The second kappa shape index (κ2) is 8.54. The molecule has 3 aromatic rings. The number of ether oxygens (including phenoxy) is 1. The van der Waals surface area contributed by atoms with Gasteiger partial charge in [0.25, 0.3) is 5.91 Å². The van der Waals surface area contributed by atoms with Crippen LogP contribution in [0.2, 0.25) is 5.02 Å². The number of aromatic nitrogens is 1. The van der Waals surface area contributed by atoms with Crippen molar-refractivity contribution in [1.29, 1.82) is 0 Å². The summed E-state index contributed by atoms with van der Waals surface area (Å²) in [4.78, 5) is 28.6. The van der Waals surface area contributed by atoms with Gasteiger partial charge in [-0.3, -0.25) is 9.78 Å². The molecule has 28 heavy (non-hydrogen) atoms. The number of nitrogens with zero attached hydrogens (tertiary/aromatic N) is 1. The van der Waals surface area contributed by atoms with Crippen molar-refractivity contribution >= 4 is 40.5 Å². The van der Waals surface area contributed by atoms with Crippen LogP contribution in [0.1, 0.15) is 26.3 Å². The van der Waals surface area contributed by atoms with Crippen molar-refractivity contribution in [1.82, 2.24) is 4.98 Å². The first kappa shape index (κ1) is 19.4. The van der Waals surface area contributed by atoms with E-state index >= 15 is 0 Å². The molecule has 2 aromatic carbocycles. The van der Waals surface area contributed by atoms with Crippen LogP contribution in [0.15, 0.2) is 60.9 Å². The van der Waals surface area contributed by atoms with E-state index in [1.54, 1.807) is 54.7 Å². The average molecular weight is 396 g/mol. The molecule has 1 aromatic heterocycles. The number of pyridine rings is 1. The van der Waals surface area contributed by atoms with Crippen LogP contribution < -0.4 is 10.6 Å². The third-order valence-electron chi connectivity index (χ3n) is 4.05. The molecule has 0 radical (unpaired) electrons. The molecule has 0 atom stereocenters. The van der Waals surface area contributed by atoms with Gasteiger partial charge in [0.1, 0.15) is 0 Å². The molecule has 0 aliphatic rings. The summed E-state index contributed by atoms with van der Waals surface area (Å²) in [6.07, 6.45) is 3.04. The van der Waals surface area contributed by atoms with Crippen molar-refractivity contribution in [3.8, 4) is 0 Å². The number of hydrogen-bond acceptors (Lipinski definition) is 5. The van der Waals surface area contributed by atoms with Gasteiger partial charge in [-0.15, -0.1) is 0 Å². The number of para-hydroxylation sites is 1. The SMILES string of the molecule is COC(=O)c1ccccc1Nc1cncc(C(=O)Nc2ccc(Cl)cc2C)c1. The molecule has 1 amide bonds. The van der Waals surface area contributed by atoms with E-state index in [0.717, 1.165) is 5.56 Å². The first-order valence-corrected chi connectivity index (χ1v) is 8.82. The topological polar surface area (TPSA) is 80.3 Å². The molecule has 0 aliphatic carbocycles. The first-order chi connectivity index (χ1) is 13.5. The summed E-state index contributed by atoms with van der Waals surface area (Å²) in [5, 5.41) is 6.55. The molecule has 0 unspecified atom stereocenters. The van der Waals surface area contributed by atoms with Crippen molar-refractivity contribution in [2.75, 3.05) is 17.7 Å². The third kappa shape index (κ3) is 4.47. The molecule has 1 heterocycles. The molecule has 6 nitrogen and oxygen atoms in total. The maximum Gasteiger partial charge on any atom is 0.339 e. The summed E-state index contributed by atoms with van der Waals surface area (Å²) in [5.41, 5.74) is 3.41. The minimum absolute atomic E-state index is 0.303. The number of carbonyl (C=O) groups excluding carboxylic acids is 2. The molecule has 0 saturated carbocycles. The summed E-state index contributed by atoms with van der Waals surface area (Å²) in [5.74, 6) is -0.758. The Morgan fingerprint density at radius 3 is 2.57 bits per heavy atom. The van der Waals surface area contributed by atoms with Crippen molar-refractivity contribution in [3.63, 3.8) is 0 Å². The lowest BCUT2D eigenvalue weighted by Gasteiger charge is -2.12. The predicted octanol–water partition coefficient (Wildman–Crippen LogP) is 4.83. The lowest BCUT2D eigenvalue weighted by Crippen LogP contribution is -2.13. The lowest BCUT2D eigenvalue weighted by molar-refractivity contribution is 0.0601. The van der Waals surface area contributed by atoms with Gasteiger partial charge in [-0.05, 0) is 48.9 Å². The summed E-state index contributed by atoms with van der Waals surface area (Å²) >= 11 is 5.95. The molecule has 0 spiro atoms. The Hall–Kier alpha value is -3.38. The fraction of sp³-hybridized carbons (Fsp3) is 0.0952. The van der Waals surface area contributed by atoms with Crippen LogP contribution in [0.4, 0.5) is 17.1 Å². The number of anilines is 3. The largest absolute Gasteiger partial charge is 0.465 e. The molecular formula is C21H18ClN3O3. The van der Waals surface area contributed by atoms with Gasteiger partial charge in [0.15, 0.2) is 0 Å². The Morgan fingerprint density at radius 1 is 1.04 bits per heavy atom. The zero-order valence-electron chi connectivity index (χ0n) is 15.3. The number of methoxy groups -OCH3 is 1. The molecule has 2 N–H and O–H groups in total. The fourth-order valence-corrected chi connectivity index (χ4v) is 2.86. The number of benzene rings is 2. The van der Waals surface area contributed by atoms with Crippen LogP contribution in [0.25, 0.3) is 0 Å². The monoisotopic (exact) mass is 395 g/mol. The Morgan fingerprint density at radius 2 is 1.82 bits per heavy atom. The smallest absolute Gasteiger partial charge is 0.339 e. The number of halogens is 1. The summed E-state index contributed by atoms with van der Waals surface area (Å²) in [6, 6.07) is 13.8. The zero-order valence-corrected chi connectivity index (χ0v) is 16.1. The third-order valence-corrected chi connectivity index (χ3v) is 4.28. The van der Waals surface area contributed by atoms with Crippen LogP contribution in [-0.2, 0) is 4.74 Å². The van der Waals surface area contributed by atoms with Gasteiger partial charge in [0, 0.05) is 16.9 Å². The summed E-state index contributed by atoms with van der Waals surface area (Å²) < 4.78 is 4.79. The highest BCUT2D eigenvalue weighted by atomic mass is 35.5. The number of rotatable bonds is 5. The quantitative estimate of drug-likeness (QED) is 0.605. The van der Waals surface area contributed by atoms with Crippen molar-refractivity contribution < 1.29 is 14.3 Å². The second-order valence-electron chi connectivity index (χ2n) is 6.04. The Bertz CT molecular complexity index is 1040. The Balaban J connectivity index is 1.81. The lowest BCUT2D eigenvalue weighted by atomic mass is 10.1. The Labute approximate surface area is 167 Å².